The first-order chi connectivity index (χ1) is 6.52. The highest BCUT2D eigenvalue weighted by molar-refractivity contribution is 7.99. The molecule has 1 heterocycles. The molecule has 1 N–H and O–H groups in total. The zero-order chi connectivity index (χ0) is 10.6. The molecule has 0 atom stereocenters. The maximum Gasteiger partial charge on any atom is 0.213 e. The van der Waals surface area contributed by atoms with Crippen molar-refractivity contribution in [2.24, 2.45) is 5.92 Å². The summed E-state index contributed by atoms with van der Waals surface area (Å²) in [7, 11) is -3.05. The van der Waals surface area contributed by atoms with Gasteiger partial charge in [-0.2, -0.15) is 11.8 Å². The van der Waals surface area contributed by atoms with Crippen molar-refractivity contribution in [2.45, 2.75) is 31.9 Å². The van der Waals surface area contributed by atoms with Crippen LogP contribution in [-0.2, 0) is 10.0 Å². The van der Waals surface area contributed by atoms with Gasteiger partial charge >= 0.3 is 0 Å². The Bertz CT molecular complexity index is 256. The lowest BCUT2D eigenvalue weighted by Crippen LogP contribution is -2.35. The highest BCUT2D eigenvalue weighted by atomic mass is 32.2. The quantitative estimate of drug-likeness (QED) is 0.805. The van der Waals surface area contributed by atoms with E-state index in [1.807, 2.05) is 11.8 Å². The van der Waals surface area contributed by atoms with E-state index in [-0.39, 0.29) is 5.25 Å². The molecule has 0 aromatic carbocycles. The molecule has 84 valence electrons. The lowest BCUT2D eigenvalue weighted by atomic mass is 10.0. The molecule has 0 radical (unpaired) electrons. The minimum absolute atomic E-state index is 0.319. The van der Waals surface area contributed by atoms with Crippen LogP contribution in [0, 0.1) is 5.92 Å². The molecule has 1 aliphatic heterocycles. The Labute approximate surface area is 91.1 Å². The Morgan fingerprint density at radius 3 is 2.43 bits per heavy atom. The van der Waals surface area contributed by atoms with Crippen LogP contribution in [0.2, 0.25) is 0 Å². The van der Waals surface area contributed by atoms with Crippen molar-refractivity contribution in [2.75, 3.05) is 18.1 Å². The molecule has 0 aliphatic carbocycles. The van der Waals surface area contributed by atoms with Crippen molar-refractivity contribution in [1.29, 1.82) is 0 Å². The molecule has 5 heteroatoms. The normalized spacial score (nSPS) is 20.2. The Hall–Kier alpha value is 0.260. The van der Waals surface area contributed by atoms with Gasteiger partial charge in [0, 0.05) is 6.54 Å². The first-order valence-corrected chi connectivity index (χ1v) is 7.78. The highest BCUT2D eigenvalue weighted by Crippen LogP contribution is 2.22. The molecule has 0 aromatic heterocycles. The smallest absolute Gasteiger partial charge is 0.213 e. The predicted molar refractivity (Wildman–Crippen MR) is 62.1 cm³/mol. The van der Waals surface area contributed by atoms with E-state index >= 15 is 0 Å². The van der Waals surface area contributed by atoms with E-state index in [0.29, 0.717) is 12.5 Å². The van der Waals surface area contributed by atoms with Gasteiger partial charge in [-0.3, -0.25) is 0 Å². The fraction of sp³-hybridized carbons (Fsp3) is 1.00. The van der Waals surface area contributed by atoms with Crippen LogP contribution in [0.3, 0.4) is 0 Å². The van der Waals surface area contributed by atoms with E-state index in [2.05, 4.69) is 4.72 Å². The summed E-state index contributed by atoms with van der Waals surface area (Å²) in [5.74, 6) is 2.90. The Morgan fingerprint density at radius 2 is 1.93 bits per heavy atom. The van der Waals surface area contributed by atoms with Gasteiger partial charge < -0.3 is 0 Å². The molecule has 3 nitrogen and oxygen atoms in total. The maximum atomic E-state index is 11.5. The van der Waals surface area contributed by atoms with Gasteiger partial charge in [-0.15, -0.1) is 0 Å². The minimum atomic E-state index is -3.05. The summed E-state index contributed by atoms with van der Waals surface area (Å²) in [6.07, 6.45) is 2.29. The lowest BCUT2D eigenvalue weighted by Gasteiger charge is -2.22. The zero-order valence-electron chi connectivity index (χ0n) is 8.82. The van der Waals surface area contributed by atoms with Gasteiger partial charge in [-0.05, 0) is 44.1 Å². The summed E-state index contributed by atoms with van der Waals surface area (Å²) < 4.78 is 25.6. The fourth-order valence-electron chi connectivity index (χ4n) is 1.35. The van der Waals surface area contributed by atoms with Crippen LogP contribution in [0.4, 0.5) is 0 Å². The van der Waals surface area contributed by atoms with E-state index in [1.54, 1.807) is 13.8 Å². The molecule has 0 saturated carbocycles. The monoisotopic (exact) mass is 237 g/mol. The molecular formula is C9H19NO2S2. The first kappa shape index (κ1) is 12.3. The third-order valence-corrected chi connectivity index (χ3v) is 5.39. The van der Waals surface area contributed by atoms with E-state index in [0.717, 1.165) is 12.8 Å². The van der Waals surface area contributed by atoms with Crippen molar-refractivity contribution in [3.63, 3.8) is 0 Å². The molecule has 0 spiro atoms. The molecule has 1 fully saturated rings. The topological polar surface area (TPSA) is 46.2 Å². The van der Waals surface area contributed by atoms with Gasteiger partial charge in [-0.1, -0.05) is 0 Å². The van der Waals surface area contributed by atoms with E-state index in [9.17, 15) is 8.42 Å². The van der Waals surface area contributed by atoms with E-state index in [4.69, 9.17) is 0 Å². The van der Waals surface area contributed by atoms with Crippen LogP contribution in [-0.4, -0.2) is 31.7 Å². The van der Waals surface area contributed by atoms with Gasteiger partial charge in [0.15, 0.2) is 0 Å². The fourth-order valence-corrected chi connectivity index (χ4v) is 3.36. The average molecular weight is 237 g/mol. The van der Waals surface area contributed by atoms with Crippen LogP contribution >= 0.6 is 11.8 Å². The molecule has 1 saturated heterocycles. The summed E-state index contributed by atoms with van der Waals surface area (Å²) in [4.78, 5) is 0. The van der Waals surface area contributed by atoms with Gasteiger partial charge in [-0.25, -0.2) is 13.1 Å². The van der Waals surface area contributed by atoms with Crippen molar-refractivity contribution < 1.29 is 8.42 Å². The molecular weight excluding hydrogens is 218 g/mol. The molecule has 1 rings (SSSR count). The number of thioether (sulfide) groups is 1. The number of hydrogen-bond donors (Lipinski definition) is 1. The van der Waals surface area contributed by atoms with Gasteiger partial charge in [0.1, 0.15) is 0 Å². The van der Waals surface area contributed by atoms with Gasteiger partial charge in [0.05, 0.1) is 5.25 Å². The van der Waals surface area contributed by atoms with E-state index in [1.165, 1.54) is 11.5 Å². The minimum Gasteiger partial charge on any atom is -0.215 e. The van der Waals surface area contributed by atoms with Crippen LogP contribution in [0.15, 0.2) is 0 Å². The average Bonchev–Trinajstić information content (AvgIpc) is 2.16. The number of hydrogen-bond acceptors (Lipinski definition) is 3. The third kappa shape index (κ3) is 3.79. The standard InChI is InChI=1S/C9H19NO2S2/c1-8(2)14(11,12)10-7-9-3-5-13-6-4-9/h8-10H,3-7H2,1-2H3. The van der Waals surface area contributed by atoms with Crippen molar-refractivity contribution >= 4 is 21.8 Å². The Morgan fingerprint density at radius 1 is 1.36 bits per heavy atom. The summed E-state index contributed by atoms with van der Waals surface area (Å²) in [5.41, 5.74) is 0. The third-order valence-electron chi connectivity index (χ3n) is 2.53. The Kier molecular flexibility index (Phi) is 4.73. The molecule has 14 heavy (non-hydrogen) atoms. The maximum absolute atomic E-state index is 11.5. The second-order valence-electron chi connectivity index (χ2n) is 4.00. The number of sulfonamides is 1. The predicted octanol–water partition coefficient (Wildman–Crippen LogP) is 1.46. The summed E-state index contributed by atoms with van der Waals surface area (Å²) in [6, 6.07) is 0. The number of rotatable bonds is 4. The molecule has 1 aliphatic rings. The van der Waals surface area contributed by atoms with Crippen LogP contribution < -0.4 is 4.72 Å². The van der Waals surface area contributed by atoms with Crippen LogP contribution in [0.1, 0.15) is 26.7 Å². The first-order valence-electron chi connectivity index (χ1n) is 5.08. The van der Waals surface area contributed by atoms with Crippen molar-refractivity contribution in [3.8, 4) is 0 Å². The second kappa shape index (κ2) is 5.37. The van der Waals surface area contributed by atoms with Crippen LogP contribution in [0.5, 0.6) is 0 Å². The highest BCUT2D eigenvalue weighted by Gasteiger charge is 2.19. The van der Waals surface area contributed by atoms with Crippen LogP contribution in [0.25, 0.3) is 0 Å². The second-order valence-corrected chi connectivity index (χ2v) is 7.54. The van der Waals surface area contributed by atoms with Gasteiger partial charge in [0.2, 0.25) is 10.0 Å². The van der Waals surface area contributed by atoms with E-state index < -0.39 is 10.0 Å². The molecule has 0 bridgehead atoms. The summed E-state index contributed by atoms with van der Waals surface area (Å²) in [6.45, 7) is 4.04. The Balaban J connectivity index is 2.32. The number of nitrogens with one attached hydrogen (secondary N) is 1. The largest absolute Gasteiger partial charge is 0.215 e. The molecule has 0 amide bonds. The van der Waals surface area contributed by atoms with Gasteiger partial charge in [0.25, 0.3) is 0 Å². The zero-order valence-corrected chi connectivity index (χ0v) is 10.5. The summed E-state index contributed by atoms with van der Waals surface area (Å²) >= 11 is 1.96. The van der Waals surface area contributed by atoms with Crippen molar-refractivity contribution in [3.05, 3.63) is 0 Å². The summed E-state index contributed by atoms with van der Waals surface area (Å²) in [5, 5.41) is -0.319. The lowest BCUT2D eigenvalue weighted by molar-refractivity contribution is 0.475. The SMILES string of the molecule is CC(C)S(=O)(=O)NCC1CCSCC1. The molecule has 0 aromatic rings. The van der Waals surface area contributed by atoms with Crippen molar-refractivity contribution in [1.82, 2.24) is 4.72 Å². The molecule has 0 unspecified atom stereocenters.